The number of rotatable bonds is 2. The molecule has 0 amide bonds. The topological polar surface area (TPSA) is 162 Å². The lowest BCUT2D eigenvalue weighted by molar-refractivity contribution is 0.847. The van der Waals surface area contributed by atoms with E-state index in [1.54, 1.807) is 0 Å². The predicted molar refractivity (Wildman–Crippen MR) is 127 cm³/mol. The first-order valence-corrected chi connectivity index (χ1v) is 10.0. The number of aromatic nitrogens is 2. The minimum absolute atomic E-state index is 0.0114. The summed E-state index contributed by atoms with van der Waals surface area (Å²) in [7, 11) is 0. The Morgan fingerprint density at radius 3 is 2.55 bits per heavy atom. The number of fused-ring (bicyclic) bond motifs is 2. The van der Waals surface area contributed by atoms with Crippen LogP contribution in [0.4, 0.5) is 17.3 Å². The summed E-state index contributed by atoms with van der Waals surface area (Å²) in [6.45, 7) is 0. The van der Waals surface area contributed by atoms with E-state index < -0.39 is 6.04 Å². The van der Waals surface area contributed by atoms with Crippen molar-refractivity contribution in [2.45, 2.75) is 6.04 Å². The monoisotopic (exact) mass is 431 g/mol. The minimum Gasteiger partial charge on any atom is -0.397 e. The number of pyridine rings is 2. The van der Waals surface area contributed by atoms with Crippen molar-refractivity contribution in [3.8, 4) is 23.4 Å². The number of nitrogens with one attached hydrogen (secondary N) is 2. The molecule has 1 aliphatic heterocycles. The van der Waals surface area contributed by atoms with Crippen LogP contribution in [-0.2, 0) is 0 Å². The highest BCUT2D eigenvalue weighted by Crippen LogP contribution is 2.40. The number of nitrogens with zero attached hydrogens (tertiary/aromatic N) is 5. The molecule has 5 rings (SSSR count). The number of benzene rings is 2. The third-order valence-electron chi connectivity index (χ3n) is 5.51. The van der Waals surface area contributed by atoms with Gasteiger partial charge in [0.2, 0.25) is 5.96 Å². The van der Waals surface area contributed by atoms with Gasteiger partial charge in [0.25, 0.3) is 0 Å². The maximum absolute atomic E-state index is 9.46. The number of anilines is 3. The molecule has 2 aromatic heterocycles. The van der Waals surface area contributed by atoms with Crippen LogP contribution >= 0.6 is 0 Å². The number of aliphatic imine (C=N–C) groups is 1. The highest BCUT2D eigenvalue weighted by atomic mass is 15.2. The highest BCUT2D eigenvalue weighted by molar-refractivity contribution is 5.98. The van der Waals surface area contributed by atoms with Gasteiger partial charge in [-0.1, -0.05) is 42.5 Å². The van der Waals surface area contributed by atoms with Crippen LogP contribution in [0.1, 0.15) is 22.7 Å². The molecule has 1 atom stereocenters. The fourth-order valence-corrected chi connectivity index (χ4v) is 3.91. The van der Waals surface area contributed by atoms with Gasteiger partial charge in [-0.05, 0) is 23.3 Å². The molecule has 1 aliphatic rings. The summed E-state index contributed by atoms with van der Waals surface area (Å²) in [5.41, 5.74) is 16.8. The first kappa shape index (κ1) is 19.8. The molecule has 0 aliphatic carbocycles. The lowest BCUT2D eigenvalue weighted by Crippen LogP contribution is -2.32. The first-order chi connectivity index (χ1) is 16.1. The SMILES string of the molecule is N#CNC1=NC(c2ccc(-c3cnc4ccccc4c3)cc2)c2c(nc(N)c(C#N)c2N)N1. The maximum atomic E-state index is 9.46. The average Bonchev–Trinajstić information content (AvgIpc) is 2.83. The molecule has 0 radical (unpaired) electrons. The van der Waals surface area contributed by atoms with Gasteiger partial charge in [-0.15, -0.1) is 0 Å². The number of nitriles is 2. The molecule has 0 saturated carbocycles. The molecule has 9 nitrogen and oxygen atoms in total. The van der Waals surface area contributed by atoms with Crippen molar-refractivity contribution in [1.82, 2.24) is 15.3 Å². The molecule has 9 heteroatoms. The Kier molecular flexibility index (Phi) is 4.70. The lowest BCUT2D eigenvalue weighted by atomic mass is 9.93. The number of para-hydroxylation sites is 1. The normalized spacial score (nSPS) is 14.4. The zero-order chi connectivity index (χ0) is 22.9. The van der Waals surface area contributed by atoms with Crippen molar-refractivity contribution in [1.29, 1.82) is 10.5 Å². The van der Waals surface area contributed by atoms with Crippen LogP contribution in [0.25, 0.3) is 22.0 Å². The average molecular weight is 431 g/mol. The second-order valence-electron chi connectivity index (χ2n) is 7.44. The second-order valence-corrected chi connectivity index (χ2v) is 7.44. The van der Waals surface area contributed by atoms with Gasteiger partial charge in [0, 0.05) is 22.7 Å². The van der Waals surface area contributed by atoms with E-state index in [4.69, 9.17) is 16.7 Å². The molecule has 3 heterocycles. The van der Waals surface area contributed by atoms with Crippen LogP contribution in [-0.4, -0.2) is 15.9 Å². The van der Waals surface area contributed by atoms with Crippen molar-refractivity contribution >= 4 is 34.2 Å². The Morgan fingerprint density at radius 2 is 1.79 bits per heavy atom. The Labute approximate surface area is 189 Å². The Bertz CT molecular complexity index is 1510. The molecule has 6 N–H and O–H groups in total. The molecule has 0 bridgehead atoms. The number of nitrogens with two attached hydrogens (primary N) is 2. The zero-order valence-corrected chi connectivity index (χ0v) is 17.2. The molecule has 0 saturated heterocycles. The molecule has 158 valence electrons. The molecule has 33 heavy (non-hydrogen) atoms. The largest absolute Gasteiger partial charge is 0.397 e. The molecule has 0 spiro atoms. The zero-order valence-electron chi connectivity index (χ0n) is 17.2. The molecular weight excluding hydrogens is 414 g/mol. The number of hydrogen-bond acceptors (Lipinski definition) is 9. The van der Waals surface area contributed by atoms with Gasteiger partial charge in [0.15, 0.2) is 6.19 Å². The standard InChI is InChI=1S/C24H17N9/c25-10-17-20(27)19-21(31-24(30-12-26)33-23(19)32-22(17)28)14-7-5-13(6-8-14)16-9-15-3-1-2-4-18(15)29-11-16/h1-9,11,21H,(H6,27,28,30,31,32,33). The van der Waals surface area contributed by atoms with Crippen molar-refractivity contribution in [3.63, 3.8) is 0 Å². The highest BCUT2D eigenvalue weighted by Gasteiger charge is 2.29. The summed E-state index contributed by atoms with van der Waals surface area (Å²) >= 11 is 0. The predicted octanol–water partition coefficient (Wildman–Crippen LogP) is 3.27. The molecule has 1 unspecified atom stereocenters. The molecule has 2 aromatic carbocycles. The summed E-state index contributed by atoms with van der Waals surface area (Å²) in [6.07, 6.45) is 3.69. The second kappa shape index (κ2) is 7.84. The van der Waals surface area contributed by atoms with Gasteiger partial charge in [-0.3, -0.25) is 10.3 Å². The van der Waals surface area contributed by atoms with Crippen molar-refractivity contribution in [2.75, 3.05) is 16.8 Å². The molecular formula is C24H17N9. The summed E-state index contributed by atoms with van der Waals surface area (Å²) < 4.78 is 0. The van der Waals surface area contributed by atoms with Crippen LogP contribution in [0.15, 0.2) is 65.8 Å². The Balaban J connectivity index is 1.58. The van der Waals surface area contributed by atoms with E-state index in [2.05, 4.69) is 31.7 Å². The van der Waals surface area contributed by atoms with Crippen LogP contribution < -0.4 is 22.1 Å². The van der Waals surface area contributed by atoms with Gasteiger partial charge in [-0.2, -0.15) is 10.5 Å². The van der Waals surface area contributed by atoms with E-state index in [0.717, 1.165) is 27.6 Å². The van der Waals surface area contributed by atoms with Gasteiger partial charge < -0.3 is 16.8 Å². The lowest BCUT2D eigenvalue weighted by Gasteiger charge is -2.26. The fourth-order valence-electron chi connectivity index (χ4n) is 3.91. The number of hydrogen-bond donors (Lipinski definition) is 4. The van der Waals surface area contributed by atoms with Crippen LogP contribution in [0, 0.1) is 22.8 Å². The quantitative estimate of drug-likeness (QED) is 0.278. The maximum Gasteiger partial charge on any atom is 0.211 e. The van der Waals surface area contributed by atoms with Crippen LogP contribution in [0.2, 0.25) is 0 Å². The Hall–Kier alpha value is -5.15. The van der Waals surface area contributed by atoms with Gasteiger partial charge in [0.05, 0.1) is 11.2 Å². The van der Waals surface area contributed by atoms with E-state index in [1.165, 1.54) is 0 Å². The van der Waals surface area contributed by atoms with E-state index in [9.17, 15) is 5.26 Å². The van der Waals surface area contributed by atoms with Crippen molar-refractivity contribution in [3.05, 3.63) is 77.5 Å². The summed E-state index contributed by atoms with van der Waals surface area (Å²) in [4.78, 5) is 13.4. The van der Waals surface area contributed by atoms with Gasteiger partial charge >= 0.3 is 0 Å². The van der Waals surface area contributed by atoms with Gasteiger partial charge in [-0.25, -0.2) is 9.98 Å². The third kappa shape index (κ3) is 3.40. The van der Waals surface area contributed by atoms with Crippen LogP contribution in [0.3, 0.4) is 0 Å². The summed E-state index contributed by atoms with van der Waals surface area (Å²) in [5.74, 6) is 0.579. The molecule has 4 aromatic rings. The Morgan fingerprint density at radius 1 is 1.00 bits per heavy atom. The van der Waals surface area contributed by atoms with E-state index >= 15 is 0 Å². The first-order valence-electron chi connectivity index (χ1n) is 10.0. The van der Waals surface area contributed by atoms with Crippen molar-refractivity contribution < 1.29 is 0 Å². The molecule has 0 fully saturated rings. The van der Waals surface area contributed by atoms with E-state index in [1.807, 2.05) is 67.0 Å². The van der Waals surface area contributed by atoms with E-state index in [-0.39, 0.29) is 23.0 Å². The summed E-state index contributed by atoms with van der Waals surface area (Å²) in [6, 6.07) is 19.3. The van der Waals surface area contributed by atoms with Crippen LogP contribution in [0.5, 0.6) is 0 Å². The smallest absolute Gasteiger partial charge is 0.211 e. The van der Waals surface area contributed by atoms with E-state index in [0.29, 0.717) is 11.4 Å². The number of guanidine groups is 1. The third-order valence-corrected chi connectivity index (χ3v) is 5.51. The van der Waals surface area contributed by atoms with Crippen molar-refractivity contribution in [2.24, 2.45) is 4.99 Å². The minimum atomic E-state index is -0.582. The van der Waals surface area contributed by atoms with Gasteiger partial charge in [0.1, 0.15) is 29.3 Å². The fraction of sp³-hybridized carbons (Fsp3) is 0.0417. The summed E-state index contributed by atoms with van der Waals surface area (Å²) in [5, 5.41) is 25.0. The number of nitrogen functional groups attached to an aromatic ring is 2.